The largest absolute Gasteiger partial charge is 0.463 e. The molecule has 2 unspecified atom stereocenters. The maximum atomic E-state index is 12.8. The van der Waals surface area contributed by atoms with Crippen molar-refractivity contribution in [1.82, 2.24) is 0 Å². The Balaban J connectivity index is 2.17. The number of ether oxygens (including phenoxy) is 1. The number of ketones is 1. The molecule has 4 nitrogen and oxygen atoms in total. The van der Waals surface area contributed by atoms with Crippen molar-refractivity contribution in [2.24, 2.45) is 0 Å². The predicted octanol–water partition coefficient (Wildman–Crippen LogP) is 3.61. The SMILES string of the molecule is CCOC(=O)/C=C/c1ccc(C(=O)C(c2ccccc2)C(C)O)cc1. The van der Waals surface area contributed by atoms with Crippen molar-refractivity contribution in [1.29, 1.82) is 0 Å². The van der Waals surface area contributed by atoms with Gasteiger partial charge in [-0.3, -0.25) is 4.79 Å². The van der Waals surface area contributed by atoms with Crippen molar-refractivity contribution in [3.05, 3.63) is 77.4 Å². The van der Waals surface area contributed by atoms with Crippen molar-refractivity contribution in [3.63, 3.8) is 0 Å². The Labute approximate surface area is 147 Å². The molecule has 0 aromatic heterocycles. The second-order valence-corrected chi connectivity index (χ2v) is 5.70. The number of aliphatic hydroxyl groups is 1. The van der Waals surface area contributed by atoms with Crippen LogP contribution in [0, 0.1) is 0 Å². The van der Waals surface area contributed by atoms with Gasteiger partial charge in [-0.15, -0.1) is 0 Å². The number of rotatable bonds is 7. The highest BCUT2D eigenvalue weighted by Crippen LogP contribution is 2.25. The summed E-state index contributed by atoms with van der Waals surface area (Å²) in [6.45, 7) is 3.69. The smallest absolute Gasteiger partial charge is 0.330 e. The zero-order valence-electron chi connectivity index (χ0n) is 14.4. The first kappa shape index (κ1) is 18.6. The number of Topliss-reactive ketones (excluding diaryl/α,β-unsaturated/α-hetero) is 1. The molecule has 2 aromatic carbocycles. The third-order valence-electron chi connectivity index (χ3n) is 3.82. The second-order valence-electron chi connectivity index (χ2n) is 5.70. The van der Waals surface area contributed by atoms with Crippen molar-refractivity contribution in [2.45, 2.75) is 25.9 Å². The minimum Gasteiger partial charge on any atom is -0.463 e. The Bertz CT molecular complexity index is 730. The monoisotopic (exact) mass is 338 g/mol. The van der Waals surface area contributed by atoms with Crippen LogP contribution in [-0.4, -0.2) is 29.6 Å². The summed E-state index contributed by atoms with van der Waals surface area (Å²) in [7, 11) is 0. The van der Waals surface area contributed by atoms with Crippen molar-refractivity contribution in [3.8, 4) is 0 Å². The first-order valence-corrected chi connectivity index (χ1v) is 8.25. The molecule has 2 atom stereocenters. The molecular weight excluding hydrogens is 316 g/mol. The van der Waals surface area contributed by atoms with E-state index in [0.717, 1.165) is 11.1 Å². The lowest BCUT2D eigenvalue weighted by molar-refractivity contribution is -0.137. The molecule has 130 valence electrons. The van der Waals surface area contributed by atoms with Gasteiger partial charge in [-0.05, 0) is 31.1 Å². The van der Waals surface area contributed by atoms with Gasteiger partial charge < -0.3 is 9.84 Å². The molecule has 0 saturated heterocycles. The van der Waals surface area contributed by atoms with E-state index in [9.17, 15) is 14.7 Å². The van der Waals surface area contributed by atoms with E-state index in [1.807, 2.05) is 30.3 Å². The van der Waals surface area contributed by atoms with Crippen molar-refractivity contribution >= 4 is 17.8 Å². The van der Waals surface area contributed by atoms with Crippen molar-refractivity contribution < 1.29 is 19.4 Å². The highest BCUT2D eigenvalue weighted by molar-refractivity contribution is 6.01. The van der Waals surface area contributed by atoms with Crippen molar-refractivity contribution in [2.75, 3.05) is 6.61 Å². The molecule has 1 N–H and O–H groups in total. The molecular formula is C21H22O4. The van der Waals surface area contributed by atoms with Gasteiger partial charge in [-0.25, -0.2) is 4.79 Å². The molecule has 0 bridgehead atoms. The molecule has 2 rings (SSSR count). The van der Waals surface area contributed by atoms with Gasteiger partial charge in [0.1, 0.15) is 0 Å². The van der Waals surface area contributed by atoms with Gasteiger partial charge in [-0.2, -0.15) is 0 Å². The van der Waals surface area contributed by atoms with E-state index in [4.69, 9.17) is 4.74 Å². The van der Waals surface area contributed by atoms with Crippen LogP contribution >= 0.6 is 0 Å². The van der Waals surface area contributed by atoms with E-state index in [1.54, 1.807) is 44.2 Å². The molecule has 0 amide bonds. The fourth-order valence-corrected chi connectivity index (χ4v) is 2.60. The average Bonchev–Trinajstić information content (AvgIpc) is 2.61. The van der Waals surface area contributed by atoms with E-state index in [-0.39, 0.29) is 5.78 Å². The summed E-state index contributed by atoms with van der Waals surface area (Å²) in [4.78, 5) is 24.1. The van der Waals surface area contributed by atoms with Gasteiger partial charge in [-0.1, -0.05) is 54.6 Å². The van der Waals surface area contributed by atoms with Crippen LogP contribution in [0.5, 0.6) is 0 Å². The van der Waals surface area contributed by atoms with Crippen LogP contribution in [0.15, 0.2) is 60.7 Å². The third-order valence-corrected chi connectivity index (χ3v) is 3.82. The summed E-state index contributed by atoms with van der Waals surface area (Å²) in [5.74, 6) is -1.15. The van der Waals surface area contributed by atoms with Gasteiger partial charge in [0.2, 0.25) is 0 Å². The summed E-state index contributed by atoms with van der Waals surface area (Å²) in [6, 6.07) is 16.2. The Morgan fingerprint density at radius 2 is 1.72 bits per heavy atom. The topological polar surface area (TPSA) is 63.6 Å². The summed E-state index contributed by atoms with van der Waals surface area (Å²) in [5, 5.41) is 10.1. The fraction of sp³-hybridized carbons (Fsp3) is 0.238. The lowest BCUT2D eigenvalue weighted by atomic mass is 9.86. The number of aliphatic hydroxyl groups excluding tert-OH is 1. The Hall–Kier alpha value is -2.72. The number of esters is 1. The van der Waals surface area contributed by atoms with Crippen LogP contribution in [-0.2, 0) is 9.53 Å². The highest BCUT2D eigenvalue weighted by Gasteiger charge is 2.26. The highest BCUT2D eigenvalue weighted by atomic mass is 16.5. The minimum absolute atomic E-state index is 0.137. The third kappa shape index (κ3) is 5.13. The lowest BCUT2D eigenvalue weighted by Crippen LogP contribution is -2.24. The molecule has 0 aliphatic carbocycles. The van der Waals surface area contributed by atoms with Gasteiger partial charge in [0, 0.05) is 11.6 Å². The number of carbonyl (C=O) groups is 2. The first-order chi connectivity index (χ1) is 12.0. The maximum absolute atomic E-state index is 12.8. The zero-order valence-corrected chi connectivity index (χ0v) is 14.4. The molecule has 0 heterocycles. The molecule has 25 heavy (non-hydrogen) atoms. The van der Waals surface area contributed by atoms with E-state index in [0.29, 0.717) is 12.2 Å². The first-order valence-electron chi connectivity index (χ1n) is 8.25. The number of carbonyl (C=O) groups excluding carboxylic acids is 2. The fourth-order valence-electron chi connectivity index (χ4n) is 2.60. The molecule has 0 saturated carbocycles. The second kappa shape index (κ2) is 8.94. The summed E-state index contributed by atoms with van der Waals surface area (Å²) >= 11 is 0. The van der Waals surface area contributed by atoms with E-state index >= 15 is 0 Å². The lowest BCUT2D eigenvalue weighted by Gasteiger charge is -2.19. The quantitative estimate of drug-likeness (QED) is 0.476. The number of hydrogen-bond donors (Lipinski definition) is 1. The molecule has 0 fully saturated rings. The van der Waals surface area contributed by atoms with Crippen LogP contribution < -0.4 is 0 Å². The van der Waals surface area contributed by atoms with E-state index < -0.39 is 18.0 Å². The molecule has 0 aliphatic rings. The number of hydrogen-bond acceptors (Lipinski definition) is 4. The van der Waals surface area contributed by atoms with Gasteiger partial charge in [0.15, 0.2) is 5.78 Å². The van der Waals surface area contributed by atoms with Gasteiger partial charge in [0.25, 0.3) is 0 Å². The van der Waals surface area contributed by atoms with Crippen LogP contribution in [0.25, 0.3) is 6.08 Å². The summed E-state index contributed by atoms with van der Waals surface area (Å²) in [5.41, 5.74) is 2.09. The van der Waals surface area contributed by atoms with Gasteiger partial charge >= 0.3 is 5.97 Å². The molecule has 0 aliphatic heterocycles. The predicted molar refractivity (Wildman–Crippen MR) is 97.3 cm³/mol. The van der Waals surface area contributed by atoms with E-state index in [1.165, 1.54) is 6.08 Å². The van der Waals surface area contributed by atoms with Crippen LogP contribution in [0.4, 0.5) is 0 Å². The zero-order chi connectivity index (χ0) is 18.2. The van der Waals surface area contributed by atoms with Crippen LogP contribution in [0.1, 0.15) is 41.3 Å². The van der Waals surface area contributed by atoms with E-state index in [2.05, 4.69) is 0 Å². The average molecular weight is 338 g/mol. The summed E-state index contributed by atoms with van der Waals surface area (Å²) < 4.78 is 4.82. The Kier molecular flexibility index (Phi) is 6.66. The molecule has 0 spiro atoms. The van der Waals surface area contributed by atoms with Gasteiger partial charge in [0.05, 0.1) is 18.6 Å². The normalized spacial score (nSPS) is 13.4. The molecule has 0 radical (unpaired) electrons. The molecule has 2 aromatic rings. The minimum atomic E-state index is -0.793. The summed E-state index contributed by atoms with van der Waals surface area (Å²) in [6.07, 6.45) is 2.19. The number of benzene rings is 2. The maximum Gasteiger partial charge on any atom is 0.330 e. The Morgan fingerprint density at radius 1 is 1.08 bits per heavy atom. The molecule has 4 heteroatoms. The Morgan fingerprint density at radius 3 is 2.28 bits per heavy atom. The van der Waals surface area contributed by atoms with Crippen LogP contribution in [0.3, 0.4) is 0 Å². The van der Waals surface area contributed by atoms with Crippen LogP contribution in [0.2, 0.25) is 0 Å². The standard InChI is InChI=1S/C21H22O4/c1-3-25-19(23)14-11-16-9-12-18(13-10-16)21(24)20(15(2)22)17-7-5-4-6-8-17/h4-15,20,22H,3H2,1-2H3/b14-11+.